The van der Waals surface area contributed by atoms with Gasteiger partial charge in [0.2, 0.25) is 5.95 Å². The molecule has 2 N–H and O–H groups in total. The van der Waals surface area contributed by atoms with E-state index in [-0.39, 0.29) is 11.5 Å². The molecular formula is C12H9FN4O2. The first-order valence-electron chi connectivity index (χ1n) is 5.52. The number of hydrogen-bond acceptors (Lipinski definition) is 4. The molecule has 1 aliphatic heterocycles. The van der Waals surface area contributed by atoms with Gasteiger partial charge in [-0.2, -0.15) is 10.1 Å². The third-order valence-corrected chi connectivity index (χ3v) is 2.83. The Labute approximate surface area is 107 Å². The minimum atomic E-state index is -1.10. The summed E-state index contributed by atoms with van der Waals surface area (Å²) in [5.74, 6) is -1.17. The van der Waals surface area contributed by atoms with E-state index in [0.29, 0.717) is 11.5 Å². The van der Waals surface area contributed by atoms with Crippen LogP contribution in [0.1, 0.15) is 11.6 Å². The average molecular weight is 260 g/mol. The molecule has 2 heterocycles. The fraction of sp³-hybridized carbons (Fsp3) is 0.0833. The van der Waals surface area contributed by atoms with Crippen molar-refractivity contribution < 1.29 is 14.3 Å². The van der Waals surface area contributed by atoms with Crippen molar-refractivity contribution in [1.82, 2.24) is 14.8 Å². The maximum absolute atomic E-state index is 13.3. The highest BCUT2D eigenvalue weighted by Crippen LogP contribution is 2.28. The van der Waals surface area contributed by atoms with E-state index in [4.69, 9.17) is 5.11 Å². The molecule has 0 aliphatic carbocycles. The summed E-state index contributed by atoms with van der Waals surface area (Å²) in [7, 11) is 0. The summed E-state index contributed by atoms with van der Waals surface area (Å²) in [4.78, 5) is 15.0. The van der Waals surface area contributed by atoms with Crippen molar-refractivity contribution in [3.05, 3.63) is 53.7 Å². The summed E-state index contributed by atoms with van der Waals surface area (Å²) < 4.78 is 14.8. The van der Waals surface area contributed by atoms with Crippen molar-refractivity contribution in [2.45, 2.75) is 6.04 Å². The molecule has 19 heavy (non-hydrogen) atoms. The highest BCUT2D eigenvalue weighted by molar-refractivity contribution is 5.90. The SMILES string of the molecule is O=C(O)C1=C[C@@H](c2cccc(F)c2)n2ncnc2N1. The Bertz CT molecular complexity index is 680. The number of hydrogen-bond donors (Lipinski definition) is 2. The lowest BCUT2D eigenvalue weighted by Gasteiger charge is -2.22. The summed E-state index contributed by atoms with van der Waals surface area (Å²) in [6, 6.07) is 5.45. The number of benzene rings is 1. The standard InChI is InChI=1S/C12H9FN4O2/c13-8-3-1-2-7(4-8)10-5-9(11(18)19)16-12-14-6-15-17(10)12/h1-6,10H,(H,18,19)(H,14,15,16)/t10-/m0/s1. The number of aliphatic carboxylic acids is 1. The quantitative estimate of drug-likeness (QED) is 0.853. The van der Waals surface area contributed by atoms with Crippen LogP contribution in [-0.2, 0) is 4.79 Å². The van der Waals surface area contributed by atoms with Gasteiger partial charge in [0.1, 0.15) is 23.9 Å². The monoisotopic (exact) mass is 260 g/mol. The van der Waals surface area contributed by atoms with Gasteiger partial charge >= 0.3 is 5.97 Å². The molecule has 0 fully saturated rings. The number of nitrogens with one attached hydrogen (secondary N) is 1. The molecule has 1 aliphatic rings. The topological polar surface area (TPSA) is 80.0 Å². The Hall–Kier alpha value is -2.70. The van der Waals surface area contributed by atoms with Gasteiger partial charge in [0.25, 0.3) is 0 Å². The van der Waals surface area contributed by atoms with Gasteiger partial charge < -0.3 is 10.4 Å². The van der Waals surface area contributed by atoms with Crippen LogP contribution in [0.4, 0.5) is 10.3 Å². The van der Waals surface area contributed by atoms with Gasteiger partial charge in [0.15, 0.2) is 0 Å². The van der Waals surface area contributed by atoms with Crippen molar-refractivity contribution >= 4 is 11.9 Å². The van der Waals surface area contributed by atoms with Gasteiger partial charge in [0, 0.05) is 0 Å². The number of nitrogens with zero attached hydrogens (tertiary/aromatic N) is 3. The molecule has 3 rings (SSSR count). The second-order valence-corrected chi connectivity index (χ2v) is 4.04. The molecule has 0 unspecified atom stereocenters. The van der Waals surface area contributed by atoms with Crippen molar-refractivity contribution in [2.75, 3.05) is 5.32 Å². The Morgan fingerprint density at radius 3 is 3.05 bits per heavy atom. The molecule has 1 aromatic carbocycles. The van der Waals surface area contributed by atoms with E-state index in [9.17, 15) is 9.18 Å². The van der Waals surface area contributed by atoms with Crippen molar-refractivity contribution in [3.8, 4) is 0 Å². The Kier molecular flexibility index (Phi) is 2.52. The Morgan fingerprint density at radius 1 is 1.47 bits per heavy atom. The summed E-state index contributed by atoms with van der Waals surface area (Å²) in [6.45, 7) is 0. The van der Waals surface area contributed by atoms with E-state index >= 15 is 0 Å². The number of rotatable bonds is 2. The maximum Gasteiger partial charge on any atom is 0.352 e. The summed E-state index contributed by atoms with van der Waals surface area (Å²) in [6.07, 6.45) is 2.78. The fourth-order valence-electron chi connectivity index (χ4n) is 1.99. The van der Waals surface area contributed by atoms with Crippen LogP contribution in [-0.4, -0.2) is 25.8 Å². The van der Waals surface area contributed by atoms with Crippen LogP contribution in [0.25, 0.3) is 0 Å². The highest BCUT2D eigenvalue weighted by atomic mass is 19.1. The maximum atomic E-state index is 13.3. The Morgan fingerprint density at radius 2 is 2.32 bits per heavy atom. The number of halogens is 1. The number of carboxylic acid groups (broad SMARTS) is 1. The van der Waals surface area contributed by atoms with Crippen LogP contribution in [0.3, 0.4) is 0 Å². The van der Waals surface area contributed by atoms with Crippen LogP contribution in [0.5, 0.6) is 0 Å². The van der Waals surface area contributed by atoms with E-state index in [1.807, 2.05) is 0 Å². The molecule has 0 radical (unpaired) electrons. The summed E-state index contributed by atoms with van der Waals surface area (Å²) >= 11 is 0. The smallest absolute Gasteiger partial charge is 0.352 e. The highest BCUT2D eigenvalue weighted by Gasteiger charge is 2.25. The molecule has 0 amide bonds. The zero-order valence-corrected chi connectivity index (χ0v) is 9.62. The lowest BCUT2D eigenvalue weighted by atomic mass is 10.0. The van der Waals surface area contributed by atoms with Gasteiger partial charge in [0.05, 0.1) is 0 Å². The van der Waals surface area contributed by atoms with Gasteiger partial charge in [-0.15, -0.1) is 0 Å². The Balaban J connectivity index is 2.11. The van der Waals surface area contributed by atoms with Crippen molar-refractivity contribution in [1.29, 1.82) is 0 Å². The van der Waals surface area contributed by atoms with E-state index < -0.39 is 12.0 Å². The van der Waals surface area contributed by atoms with Gasteiger partial charge in [-0.3, -0.25) is 0 Å². The third-order valence-electron chi connectivity index (χ3n) is 2.83. The predicted octanol–water partition coefficient (Wildman–Crippen LogP) is 1.40. The van der Waals surface area contributed by atoms with Crippen LogP contribution < -0.4 is 5.32 Å². The molecule has 1 aromatic heterocycles. The van der Waals surface area contributed by atoms with E-state index in [1.165, 1.54) is 29.2 Å². The average Bonchev–Trinajstić information content (AvgIpc) is 2.85. The summed E-state index contributed by atoms with van der Waals surface area (Å²) in [5.41, 5.74) is 0.599. The van der Waals surface area contributed by atoms with Crippen LogP contribution in [0.2, 0.25) is 0 Å². The first kappa shape index (κ1) is 11.4. The normalized spacial score (nSPS) is 17.3. The molecule has 1 atom stereocenters. The minimum Gasteiger partial charge on any atom is -0.477 e. The molecule has 0 saturated heterocycles. The first-order chi connectivity index (χ1) is 9.15. The van der Waals surface area contributed by atoms with Crippen LogP contribution >= 0.6 is 0 Å². The molecule has 2 aromatic rings. The summed E-state index contributed by atoms with van der Waals surface area (Å²) in [5, 5.41) is 15.7. The molecule has 96 valence electrons. The molecule has 6 nitrogen and oxygen atoms in total. The lowest BCUT2D eigenvalue weighted by Crippen LogP contribution is -2.24. The minimum absolute atomic E-state index is 0.00485. The number of fused-ring (bicyclic) bond motifs is 1. The number of carboxylic acids is 1. The fourth-order valence-corrected chi connectivity index (χ4v) is 1.99. The van der Waals surface area contributed by atoms with Crippen molar-refractivity contribution in [3.63, 3.8) is 0 Å². The predicted molar refractivity (Wildman–Crippen MR) is 63.9 cm³/mol. The zero-order valence-electron chi connectivity index (χ0n) is 9.62. The van der Waals surface area contributed by atoms with E-state index in [1.54, 1.807) is 12.1 Å². The molecule has 0 spiro atoms. The second kappa shape index (κ2) is 4.20. The van der Waals surface area contributed by atoms with Gasteiger partial charge in [-0.25, -0.2) is 13.9 Å². The molecular weight excluding hydrogens is 251 g/mol. The number of allylic oxidation sites excluding steroid dienone is 1. The second-order valence-electron chi connectivity index (χ2n) is 4.04. The number of carbonyl (C=O) groups is 1. The first-order valence-corrected chi connectivity index (χ1v) is 5.52. The number of aromatic nitrogens is 3. The van der Waals surface area contributed by atoms with Crippen molar-refractivity contribution in [2.24, 2.45) is 0 Å². The lowest BCUT2D eigenvalue weighted by molar-refractivity contribution is -0.132. The van der Waals surface area contributed by atoms with E-state index in [2.05, 4.69) is 15.4 Å². The van der Waals surface area contributed by atoms with Crippen LogP contribution in [0.15, 0.2) is 42.4 Å². The molecule has 0 saturated carbocycles. The van der Waals surface area contributed by atoms with Crippen LogP contribution in [0, 0.1) is 5.82 Å². The van der Waals surface area contributed by atoms with Gasteiger partial charge in [-0.1, -0.05) is 12.1 Å². The molecule has 0 bridgehead atoms. The third kappa shape index (κ3) is 1.95. The van der Waals surface area contributed by atoms with Gasteiger partial charge in [-0.05, 0) is 23.8 Å². The molecule has 7 heteroatoms. The van der Waals surface area contributed by atoms with E-state index in [0.717, 1.165) is 0 Å². The largest absolute Gasteiger partial charge is 0.477 e. The zero-order chi connectivity index (χ0) is 13.4. The number of anilines is 1.